The molecule has 16 heavy (non-hydrogen) atoms. The smallest absolute Gasteiger partial charge is 0.240 e. The summed E-state index contributed by atoms with van der Waals surface area (Å²) in [5, 5.41) is 13.1. The Bertz CT molecular complexity index is 495. The molecule has 0 unspecified atom stereocenters. The summed E-state index contributed by atoms with van der Waals surface area (Å²) in [6.07, 6.45) is 2.98. The van der Waals surface area contributed by atoms with Crippen LogP contribution in [-0.4, -0.2) is 24.9 Å². The van der Waals surface area contributed by atoms with Gasteiger partial charge >= 0.3 is 0 Å². The molecule has 0 fully saturated rings. The molecule has 0 saturated carbocycles. The van der Waals surface area contributed by atoms with Crippen LogP contribution in [0.25, 0.3) is 0 Å². The van der Waals surface area contributed by atoms with Crippen LogP contribution in [0.5, 0.6) is 11.8 Å². The number of aromatic nitrogens is 4. The summed E-state index contributed by atoms with van der Waals surface area (Å²) in [6.45, 7) is 1.72. The Morgan fingerprint density at radius 1 is 1.44 bits per heavy atom. The number of nitrogens with zero attached hydrogens (tertiary/aromatic N) is 4. The molecule has 0 aliphatic heterocycles. The van der Waals surface area contributed by atoms with Gasteiger partial charge < -0.3 is 9.84 Å². The number of aliphatic hydroxyl groups is 1. The van der Waals surface area contributed by atoms with Crippen LogP contribution in [0, 0.1) is 6.92 Å². The van der Waals surface area contributed by atoms with E-state index in [2.05, 4.69) is 15.1 Å². The van der Waals surface area contributed by atoms with E-state index in [4.69, 9.17) is 9.84 Å². The highest BCUT2D eigenvalue weighted by atomic mass is 16.5. The number of aryl methyl sites for hydroxylation is 2. The lowest BCUT2D eigenvalue weighted by molar-refractivity contribution is 0.274. The Morgan fingerprint density at radius 3 is 2.88 bits per heavy atom. The van der Waals surface area contributed by atoms with Crippen molar-refractivity contribution in [2.24, 2.45) is 7.05 Å². The predicted molar refractivity (Wildman–Crippen MR) is 56.0 cm³/mol. The summed E-state index contributed by atoms with van der Waals surface area (Å²) in [5.74, 6) is 0.927. The Kier molecular flexibility index (Phi) is 2.82. The first-order valence-corrected chi connectivity index (χ1v) is 4.79. The van der Waals surface area contributed by atoms with E-state index in [1.54, 1.807) is 17.8 Å². The fourth-order valence-electron chi connectivity index (χ4n) is 1.30. The van der Waals surface area contributed by atoms with Gasteiger partial charge in [-0.05, 0) is 6.92 Å². The molecule has 1 N–H and O–H groups in total. The first-order chi connectivity index (χ1) is 7.69. The molecular formula is C10H12N4O2. The van der Waals surface area contributed by atoms with Gasteiger partial charge in [0.1, 0.15) is 0 Å². The van der Waals surface area contributed by atoms with Crippen molar-refractivity contribution in [3.8, 4) is 11.8 Å². The summed E-state index contributed by atoms with van der Waals surface area (Å²) in [7, 11) is 1.78. The minimum absolute atomic E-state index is 0.158. The van der Waals surface area contributed by atoms with E-state index in [0.29, 0.717) is 17.5 Å². The third kappa shape index (κ3) is 2.17. The first-order valence-electron chi connectivity index (χ1n) is 4.79. The van der Waals surface area contributed by atoms with E-state index < -0.39 is 0 Å². The van der Waals surface area contributed by atoms with Crippen molar-refractivity contribution in [1.29, 1.82) is 0 Å². The van der Waals surface area contributed by atoms with Crippen molar-refractivity contribution in [2.45, 2.75) is 13.5 Å². The molecule has 2 aromatic rings. The molecular weight excluding hydrogens is 208 g/mol. The van der Waals surface area contributed by atoms with E-state index in [1.165, 1.54) is 12.4 Å². The van der Waals surface area contributed by atoms with E-state index in [1.807, 2.05) is 6.92 Å². The molecule has 2 rings (SSSR count). The molecule has 0 bridgehead atoms. The van der Waals surface area contributed by atoms with Gasteiger partial charge in [0.15, 0.2) is 0 Å². The highest BCUT2D eigenvalue weighted by Crippen LogP contribution is 2.18. The third-order valence-electron chi connectivity index (χ3n) is 1.99. The highest BCUT2D eigenvalue weighted by Gasteiger charge is 2.06. The van der Waals surface area contributed by atoms with E-state index >= 15 is 0 Å². The normalized spacial score (nSPS) is 10.4. The average molecular weight is 220 g/mol. The fourth-order valence-corrected chi connectivity index (χ4v) is 1.30. The lowest BCUT2D eigenvalue weighted by Gasteiger charge is -2.04. The zero-order valence-corrected chi connectivity index (χ0v) is 9.08. The largest absolute Gasteiger partial charge is 0.419 e. The number of hydrogen-bond acceptors (Lipinski definition) is 5. The van der Waals surface area contributed by atoms with Crippen molar-refractivity contribution in [1.82, 2.24) is 19.7 Å². The summed E-state index contributed by atoms with van der Waals surface area (Å²) >= 11 is 0. The topological polar surface area (TPSA) is 73.1 Å². The fraction of sp³-hybridized carbons (Fsp3) is 0.300. The van der Waals surface area contributed by atoms with Gasteiger partial charge in [-0.1, -0.05) is 0 Å². The molecule has 6 heteroatoms. The van der Waals surface area contributed by atoms with Gasteiger partial charge in [0.2, 0.25) is 11.8 Å². The van der Waals surface area contributed by atoms with Gasteiger partial charge in [0, 0.05) is 13.1 Å². The van der Waals surface area contributed by atoms with Crippen molar-refractivity contribution in [3.05, 3.63) is 29.8 Å². The van der Waals surface area contributed by atoms with Crippen LogP contribution in [0.15, 0.2) is 18.5 Å². The van der Waals surface area contributed by atoms with Gasteiger partial charge in [-0.25, -0.2) is 9.67 Å². The molecule has 2 heterocycles. The predicted octanol–water partition coefficient (Wildman–Crippen LogP) is 0.803. The Morgan fingerprint density at radius 2 is 2.25 bits per heavy atom. The summed E-state index contributed by atoms with van der Waals surface area (Å²) < 4.78 is 7.10. The molecule has 0 aliphatic rings. The van der Waals surface area contributed by atoms with Crippen LogP contribution < -0.4 is 4.74 Å². The molecule has 0 amide bonds. The van der Waals surface area contributed by atoms with Crippen molar-refractivity contribution in [2.75, 3.05) is 0 Å². The van der Waals surface area contributed by atoms with Gasteiger partial charge in [-0.3, -0.25) is 4.98 Å². The molecule has 2 aromatic heterocycles. The maximum absolute atomic E-state index is 8.91. The van der Waals surface area contributed by atoms with E-state index in [-0.39, 0.29) is 6.61 Å². The van der Waals surface area contributed by atoms with Crippen molar-refractivity contribution >= 4 is 0 Å². The molecule has 6 nitrogen and oxygen atoms in total. The van der Waals surface area contributed by atoms with Crippen LogP contribution >= 0.6 is 0 Å². The SMILES string of the molecule is Cc1cc(Oc2cncc(CO)n2)n(C)n1. The number of aliphatic hydroxyl groups excluding tert-OH is 1. The van der Waals surface area contributed by atoms with Crippen LogP contribution in [0.3, 0.4) is 0 Å². The van der Waals surface area contributed by atoms with Crippen molar-refractivity contribution in [3.63, 3.8) is 0 Å². The van der Waals surface area contributed by atoms with Crippen LogP contribution in [0.2, 0.25) is 0 Å². The molecule has 84 valence electrons. The minimum Gasteiger partial charge on any atom is -0.419 e. The van der Waals surface area contributed by atoms with Crippen LogP contribution in [0.4, 0.5) is 0 Å². The second-order valence-electron chi connectivity index (χ2n) is 3.36. The second-order valence-corrected chi connectivity index (χ2v) is 3.36. The Balaban J connectivity index is 2.23. The Hall–Kier alpha value is -1.95. The van der Waals surface area contributed by atoms with Gasteiger partial charge in [-0.2, -0.15) is 5.10 Å². The number of ether oxygens (including phenoxy) is 1. The Labute approximate surface area is 92.5 Å². The standard InChI is InChI=1S/C10H12N4O2/c1-7-3-10(14(2)13-7)16-9-5-11-4-8(6-15)12-9/h3-5,15H,6H2,1-2H3. The minimum atomic E-state index is -0.158. The number of hydrogen-bond donors (Lipinski definition) is 1. The molecule has 0 spiro atoms. The lowest BCUT2D eigenvalue weighted by Crippen LogP contribution is -1.98. The molecule has 0 aliphatic carbocycles. The molecule has 0 aromatic carbocycles. The lowest BCUT2D eigenvalue weighted by atomic mass is 10.5. The molecule has 0 atom stereocenters. The summed E-state index contributed by atoms with van der Waals surface area (Å²) in [6, 6.07) is 1.80. The van der Waals surface area contributed by atoms with Gasteiger partial charge in [0.25, 0.3) is 0 Å². The highest BCUT2D eigenvalue weighted by molar-refractivity contribution is 5.20. The molecule has 0 radical (unpaired) electrons. The van der Waals surface area contributed by atoms with Gasteiger partial charge in [0.05, 0.1) is 30.4 Å². The van der Waals surface area contributed by atoms with E-state index in [0.717, 1.165) is 5.69 Å². The quantitative estimate of drug-likeness (QED) is 0.828. The van der Waals surface area contributed by atoms with Gasteiger partial charge in [-0.15, -0.1) is 0 Å². The maximum atomic E-state index is 8.91. The zero-order chi connectivity index (χ0) is 11.5. The number of rotatable bonds is 3. The van der Waals surface area contributed by atoms with Crippen LogP contribution in [0.1, 0.15) is 11.4 Å². The third-order valence-corrected chi connectivity index (χ3v) is 1.99. The van der Waals surface area contributed by atoms with Crippen molar-refractivity contribution < 1.29 is 9.84 Å². The summed E-state index contributed by atoms with van der Waals surface area (Å²) in [5.41, 5.74) is 1.33. The van der Waals surface area contributed by atoms with Crippen LogP contribution in [-0.2, 0) is 13.7 Å². The first kappa shape index (κ1) is 10.6. The maximum Gasteiger partial charge on any atom is 0.240 e. The monoisotopic (exact) mass is 220 g/mol. The second kappa shape index (κ2) is 4.28. The van der Waals surface area contributed by atoms with E-state index in [9.17, 15) is 0 Å². The molecule has 0 saturated heterocycles. The summed E-state index contributed by atoms with van der Waals surface area (Å²) in [4.78, 5) is 7.97. The average Bonchev–Trinajstić information content (AvgIpc) is 2.58. The zero-order valence-electron chi connectivity index (χ0n) is 9.08.